The zero-order valence-electron chi connectivity index (χ0n) is 30.7. The lowest BCUT2D eigenvalue weighted by atomic mass is 9.96. The Kier molecular flexibility index (Phi) is 16.0. The number of ketones is 1. The zero-order valence-corrected chi connectivity index (χ0v) is 31.4. The van der Waals surface area contributed by atoms with Gasteiger partial charge in [0.25, 0.3) is 17.7 Å². The van der Waals surface area contributed by atoms with E-state index in [4.69, 9.17) is 25.8 Å². The summed E-state index contributed by atoms with van der Waals surface area (Å²) in [7, 11) is 1.52. The number of methoxy groups -OCH3 is 1. The third-order valence-electron chi connectivity index (χ3n) is 8.95. The van der Waals surface area contributed by atoms with Gasteiger partial charge in [0.05, 0.1) is 20.3 Å². The Balaban J connectivity index is 1.59. The molecule has 0 saturated carbocycles. The number of aromatic hydroxyl groups is 1. The molecule has 1 aromatic heterocycles. The van der Waals surface area contributed by atoms with Gasteiger partial charge in [-0.05, 0) is 81.0 Å². The molecule has 2 N–H and O–H groups in total. The van der Waals surface area contributed by atoms with Gasteiger partial charge in [-0.3, -0.25) is 14.2 Å². The molecule has 11 nitrogen and oxygen atoms in total. The number of carbonyl (C=O) groups is 3. The number of imidazole rings is 1. The summed E-state index contributed by atoms with van der Waals surface area (Å²) in [5.74, 6) is -1.88. The fraction of sp³-hybridized carbons (Fsp3) is 0.415. The smallest absolute Gasteiger partial charge is 0.334 e. The van der Waals surface area contributed by atoms with E-state index >= 15 is 0 Å². The number of anilines is 1. The minimum absolute atomic E-state index is 0.0327. The van der Waals surface area contributed by atoms with Crippen LogP contribution in [0, 0.1) is 0 Å². The number of nitrogens with zero attached hydrogens (tertiary/aromatic N) is 2. The molecule has 284 valence electrons. The zero-order chi connectivity index (χ0) is 38.2. The first-order valence-corrected chi connectivity index (χ1v) is 18.7. The van der Waals surface area contributed by atoms with Crippen LogP contribution in [0.25, 0.3) is 0 Å². The van der Waals surface area contributed by atoms with Gasteiger partial charge < -0.3 is 24.6 Å². The molecule has 3 unspecified atom stereocenters. The highest BCUT2D eigenvalue weighted by Gasteiger charge is 2.32. The van der Waals surface area contributed by atoms with Crippen molar-refractivity contribution in [3.63, 3.8) is 0 Å². The number of amides is 1. The standard InChI is InChI=1S/C41H50ClN3O8/c1-4-6-7-8-15-21-33(53-40(49)35(42)37(47)43-31-19-13-10-14-20-31)22-16-23-34(36(46)30-24-26-32(51-3)27-25-30)45-38(48)39(52-5-2)44(41(45)50)28-29-17-11-9-12-18-29/h9-14,17-20,24-27,33-35,48H,4-8,15-16,21-23,28H2,1-3H3,(H,43,47). The van der Waals surface area contributed by atoms with Gasteiger partial charge in [-0.25, -0.2) is 14.2 Å². The number of alkyl halides is 1. The van der Waals surface area contributed by atoms with Gasteiger partial charge in [0.2, 0.25) is 5.38 Å². The van der Waals surface area contributed by atoms with Crippen LogP contribution in [0.1, 0.15) is 93.6 Å². The van der Waals surface area contributed by atoms with Crippen molar-refractivity contribution in [1.82, 2.24) is 9.13 Å². The predicted molar refractivity (Wildman–Crippen MR) is 205 cm³/mol. The average molecular weight is 748 g/mol. The molecule has 3 aromatic carbocycles. The van der Waals surface area contributed by atoms with E-state index in [1.165, 1.54) is 11.7 Å². The van der Waals surface area contributed by atoms with Gasteiger partial charge in [0, 0.05) is 11.3 Å². The van der Waals surface area contributed by atoms with Crippen LogP contribution in [0.5, 0.6) is 17.5 Å². The van der Waals surface area contributed by atoms with Crippen molar-refractivity contribution in [2.75, 3.05) is 19.0 Å². The number of unbranched alkanes of at least 4 members (excludes halogenated alkanes) is 4. The summed E-state index contributed by atoms with van der Waals surface area (Å²) in [4.78, 5) is 54.2. The van der Waals surface area contributed by atoms with E-state index in [2.05, 4.69) is 12.2 Å². The maximum absolute atomic E-state index is 14.2. The third-order valence-corrected chi connectivity index (χ3v) is 9.33. The molecule has 1 heterocycles. The Morgan fingerprint density at radius 2 is 1.47 bits per heavy atom. The maximum atomic E-state index is 14.2. The van der Waals surface area contributed by atoms with E-state index in [-0.39, 0.29) is 25.5 Å². The van der Waals surface area contributed by atoms with Crippen LogP contribution in [0.3, 0.4) is 0 Å². The molecular formula is C41H50ClN3O8. The number of Topliss-reactive ketones (excluding diaryl/α,β-unsaturated/α-hetero) is 1. The molecule has 0 aliphatic heterocycles. The number of ether oxygens (including phenoxy) is 3. The minimum Gasteiger partial charge on any atom is -0.497 e. The second-order valence-corrected chi connectivity index (χ2v) is 13.2. The third kappa shape index (κ3) is 11.5. The molecule has 3 atom stereocenters. The number of benzene rings is 3. The lowest BCUT2D eigenvalue weighted by molar-refractivity contribution is -0.150. The van der Waals surface area contributed by atoms with Gasteiger partial charge in [-0.2, -0.15) is 0 Å². The van der Waals surface area contributed by atoms with Crippen molar-refractivity contribution < 1.29 is 33.7 Å². The quantitative estimate of drug-likeness (QED) is 0.0272. The fourth-order valence-corrected chi connectivity index (χ4v) is 6.26. The average Bonchev–Trinajstić information content (AvgIpc) is 3.40. The van der Waals surface area contributed by atoms with Crippen LogP contribution < -0.4 is 20.5 Å². The number of para-hydroxylation sites is 1. The Hall–Kier alpha value is -5.03. The summed E-state index contributed by atoms with van der Waals surface area (Å²) in [6.45, 7) is 4.17. The molecule has 0 radical (unpaired) electrons. The number of carbonyl (C=O) groups excluding carboxylic acids is 3. The maximum Gasteiger partial charge on any atom is 0.334 e. The first-order chi connectivity index (χ1) is 25.7. The van der Waals surface area contributed by atoms with Crippen LogP contribution in [0.4, 0.5) is 5.69 Å². The summed E-state index contributed by atoms with van der Waals surface area (Å²) >= 11 is 6.29. The fourth-order valence-electron chi connectivity index (χ4n) is 6.16. The Morgan fingerprint density at radius 1 is 0.830 bits per heavy atom. The highest BCUT2D eigenvalue weighted by molar-refractivity contribution is 6.42. The van der Waals surface area contributed by atoms with Crippen molar-refractivity contribution in [3.8, 4) is 17.5 Å². The number of halogens is 1. The van der Waals surface area contributed by atoms with Gasteiger partial charge in [0.1, 0.15) is 17.9 Å². The van der Waals surface area contributed by atoms with Gasteiger partial charge >= 0.3 is 11.7 Å². The summed E-state index contributed by atoms with van der Waals surface area (Å²) in [6, 6.07) is 23.4. The van der Waals surface area contributed by atoms with E-state index < -0.39 is 46.8 Å². The number of aromatic nitrogens is 2. The van der Waals surface area contributed by atoms with Crippen LogP contribution in [-0.2, 0) is 20.9 Å². The molecule has 1 amide bonds. The van der Waals surface area contributed by atoms with Crippen molar-refractivity contribution >= 4 is 34.9 Å². The highest BCUT2D eigenvalue weighted by Crippen LogP contribution is 2.33. The lowest BCUT2D eigenvalue weighted by Gasteiger charge is -2.22. The molecule has 0 aliphatic rings. The number of rotatable bonds is 22. The molecule has 4 rings (SSSR count). The Morgan fingerprint density at radius 3 is 2.11 bits per heavy atom. The molecule has 0 fully saturated rings. The molecular weight excluding hydrogens is 698 g/mol. The lowest BCUT2D eigenvalue weighted by Crippen LogP contribution is -2.34. The molecule has 0 aliphatic carbocycles. The number of esters is 1. The molecule has 0 bridgehead atoms. The largest absolute Gasteiger partial charge is 0.497 e. The van der Waals surface area contributed by atoms with Crippen LogP contribution in [0.15, 0.2) is 89.7 Å². The molecule has 12 heteroatoms. The minimum atomic E-state index is -1.57. The SMILES string of the molecule is CCCCCCCC(CCCC(C(=O)c1ccc(OC)cc1)n1c(O)c(OCC)n(Cc2ccccc2)c1=O)OC(=O)C(Cl)C(=O)Nc1ccccc1. The van der Waals surface area contributed by atoms with Crippen molar-refractivity contribution in [3.05, 3.63) is 107 Å². The Labute approximate surface area is 315 Å². The first kappa shape index (κ1) is 40.7. The van der Waals surface area contributed by atoms with Gasteiger partial charge in [-0.15, -0.1) is 0 Å². The van der Waals surface area contributed by atoms with Crippen LogP contribution in [-0.4, -0.2) is 57.1 Å². The second-order valence-electron chi connectivity index (χ2n) is 12.8. The van der Waals surface area contributed by atoms with Crippen LogP contribution in [0.2, 0.25) is 0 Å². The molecule has 0 saturated heterocycles. The topological polar surface area (TPSA) is 138 Å². The number of hydrogen-bond acceptors (Lipinski definition) is 8. The summed E-state index contributed by atoms with van der Waals surface area (Å²) in [5.41, 5.74) is 1.03. The van der Waals surface area contributed by atoms with Crippen molar-refractivity contribution in [2.45, 2.75) is 95.7 Å². The predicted octanol–water partition coefficient (Wildman–Crippen LogP) is 7.92. The van der Waals surface area contributed by atoms with E-state index in [0.29, 0.717) is 36.3 Å². The summed E-state index contributed by atoms with van der Waals surface area (Å²) in [5, 5.41) is 12.6. The van der Waals surface area contributed by atoms with Gasteiger partial charge in [0.15, 0.2) is 5.78 Å². The van der Waals surface area contributed by atoms with E-state index in [1.54, 1.807) is 61.5 Å². The highest BCUT2D eigenvalue weighted by atomic mass is 35.5. The first-order valence-electron chi connectivity index (χ1n) is 18.3. The monoisotopic (exact) mass is 747 g/mol. The van der Waals surface area contributed by atoms with Crippen molar-refractivity contribution in [1.29, 1.82) is 0 Å². The van der Waals surface area contributed by atoms with E-state index in [1.807, 2.05) is 30.3 Å². The van der Waals surface area contributed by atoms with Gasteiger partial charge in [-0.1, -0.05) is 92.7 Å². The summed E-state index contributed by atoms with van der Waals surface area (Å²) in [6.07, 6.45) is 5.66. The normalized spacial score (nSPS) is 12.8. The number of nitrogens with one attached hydrogen (secondary N) is 1. The molecule has 4 aromatic rings. The number of hydrogen-bond donors (Lipinski definition) is 2. The van der Waals surface area contributed by atoms with E-state index in [0.717, 1.165) is 42.2 Å². The van der Waals surface area contributed by atoms with Crippen LogP contribution >= 0.6 is 11.6 Å². The van der Waals surface area contributed by atoms with E-state index in [9.17, 15) is 24.3 Å². The molecule has 0 spiro atoms. The Bertz CT molecular complexity index is 1810. The second kappa shape index (κ2) is 20.9. The molecule has 53 heavy (non-hydrogen) atoms. The van der Waals surface area contributed by atoms with Crippen molar-refractivity contribution in [2.24, 2.45) is 0 Å². The summed E-state index contributed by atoms with van der Waals surface area (Å²) < 4.78 is 19.3.